The molecule has 0 bridgehead atoms. The van der Waals surface area contributed by atoms with Gasteiger partial charge in [-0.15, -0.1) is 0 Å². The second-order valence-electron chi connectivity index (χ2n) is 2.46. The summed E-state index contributed by atoms with van der Waals surface area (Å²) in [7, 11) is 3.60. The number of hydrogen-bond donors (Lipinski definition) is 1. The Kier molecular flexibility index (Phi) is 3.05. The summed E-state index contributed by atoms with van der Waals surface area (Å²) in [4.78, 5) is 0. The summed E-state index contributed by atoms with van der Waals surface area (Å²) >= 11 is 0. The molecular formula is C9H12FN. The molecule has 1 aromatic rings. The molecule has 1 aromatic carbocycles. The molecule has 0 saturated carbocycles. The van der Waals surface area contributed by atoms with E-state index in [1.54, 1.807) is 12.1 Å². The molecule has 0 aliphatic heterocycles. The molecule has 60 valence electrons. The van der Waals surface area contributed by atoms with Gasteiger partial charge >= 0.3 is 0 Å². The predicted octanol–water partition coefficient (Wildman–Crippen LogP) is 0.723. The number of benzene rings is 1. The van der Waals surface area contributed by atoms with E-state index in [0.29, 0.717) is 0 Å². The van der Waals surface area contributed by atoms with Crippen LogP contribution in [-0.2, 0) is 6.42 Å². The highest BCUT2D eigenvalue weighted by atomic mass is 19.1. The van der Waals surface area contributed by atoms with Gasteiger partial charge in [0.1, 0.15) is 5.82 Å². The van der Waals surface area contributed by atoms with Crippen LogP contribution in [0.3, 0.4) is 0 Å². The molecule has 1 rings (SSSR count). The lowest BCUT2D eigenvalue weighted by Gasteiger charge is -2.00. The third-order valence-electron chi connectivity index (χ3n) is 1.53. The number of halogens is 1. The van der Waals surface area contributed by atoms with Crippen molar-refractivity contribution in [3.05, 3.63) is 42.7 Å². The van der Waals surface area contributed by atoms with Gasteiger partial charge in [0.2, 0.25) is 0 Å². The molecule has 0 aliphatic carbocycles. The van der Waals surface area contributed by atoms with Crippen LogP contribution in [0.1, 0.15) is 5.56 Å². The maximum Gasteiger partial charge on any atom is 0.123 e. The van der Waals surface area contributed by atoms with Gasteiger partial charge in [-0.2, -0.15) is 7.05 Å². The zero-order valence-corrected chi connectivity index (χ0v) is 6.39. The molecule has 0 heterocycles. The Morgan fingerprint density at radius 3 is 2.91 bits per heavy atom. The lowest BCUT2D eigenvalue weighted by Crippen LogP contribution is -2.77. The van der Waals surface area contributed by atoms with Crippen LogP contribution >= 0.6 is 0 Å². The first-order valence-corrected chi connectivity index (χ1v) is 3.68. The van der Waals surface area contributed by atoms with Crippen molar-refractivity contribution in [1.29, 1.82) is 0 Å². The highest BCUT2D eigenvalue weighted by Gasteiger charge is 1.93. The fraction of sp³-hybridized carbons (Fsp3) is 0.222. The third kappa shape index (κ3) is 2.68. The summed E-state index contributed by atoms with van der Waals surface area (Å²) in [6.45, 7) is 0.906. The SMILES string of the molecule is [CH2-][NH2+]CCc1cccc(F)c1. The van der Waals surface area contributed by atoms with Gasteiger partial charge in [-0.3, -0.25) is 0 Å². The molecule has 0 aliphatic rings. The van der Waals surface area contributed by atoms with Crippen LogP contribution in [0.2, 0.25) is 0 Å². The summed E-state index contributed by atoms with van der Waals surface area (Å²) in [6.07, 6.45) is 0.876. The fourth-order valence-corrected chi connectivity index (χ4v) is 0.961. The second-order valence-corrected chi connectivity index (χ2v) is 2.46. The summed E-state index contributed by atoms with van der Waals surface area (Å²) in [5, 5.41) is 1.84. The van der Waals surface area contributed by atoms with Gasteiger partial charge in [-0.25, -0.2) is 4.39 Å². The minimum atomic E-state index is -0.161. The van der Waals surface area contributed by atoms with Crippen molar-refractivity contribution in [3.63, 3.8) is 0 Å². The number of hydrogen-bond acceptors (Lipinski definition) is 0. The van der Waals surface area contributed by atoms with Crippen molar-refractivity contribution >= 4 is 0 Å². The zero-order valence-electron chi connectivity index (χ0n) is 6.39. The Hall–Kier alpha value is -0.890. The smallest absolute Gasteiger partial charge is 0.123 e. The highest BCUT2D eigenvalue weighted by Crippen LogP contribution is 2.02. The molecule has 0 radical (unpaired) electrons. The van der Waals surface area contributed by atoms with Crippen molar-refractivity contribution in [2.45, 2.75) is 6.42 Å². The van der Waals surface area contributed by atoms with Gasteiger partial charge in [-0.1, -0.05) is 12.1 Å². The van der Waals surface area contributed by atoms with E-state index in [1.165, 1.54) is 6.07 Å². The monoisotopic (exact) mass is 153 g/mol. The van der Waals surface area contributed by atoms with E-state index in [4.69, 9.17) is 0 Å². The molecule has 0 amide bonds. The van der Waals surface area contributed by atoms with Gasteiger partial charge < -0.3 is 5.32 Å². The topological polar surface area (TPSA) is 16.6 Å². The molecule has 2 N–H and O–H groups in total. The molecule has 0 saturated heterocycles. The second kappa shape index (κ2) is 4.09. The Bertz CT molecular complexity index is 223. The molecule has 2 heteroatoms. The first-order valence-electron chi connectivity index (χ1n) is 3.68. The van der Waals surface area contributed by atoms with Crippen molar-refractivity contribution < 1.29 is 9.71 Å². The zero-order chi connectivity index (χ0) is 8.10. The lowest BCUT2D eigenvalue weighted by atomic mass is 10.1. The van der Waals surface area contributed by atoms with E-state index in [-0.39, 0.29) is 5.82 Å². The van der Waals surface area contributed by atoms with Crippen LogP contribution in [0, 0.1) is 12.9 Å². The van der Waals surface area contributed by atoms with E-state index in [0.717, 1.165) is 18.5 Å². The van der Waals surface area contributed by atoms with E-state index in [9.17, 15) is 4.39 Å². The average Bonchev–Trinajstić information content (AvgIpc) is 2.01. The van der Waals surface area contributed by atoms with Crippen molar-refractivity contribution in [1.82, 2.24) is 0 Å². The molecule has 0 fully saturated rings. The van der Waals surface area contributed by atoms with E-state index in [1.807, 2.05) is 11.4 Å². The van der Waals surface area contributed by atoms with Gasteiger partial charge in [0.15, 0.2) is 0 Å². The van der Waals surface area contributed by atoms with Gasteiger partial charge in [0.05, 0.1) is 6.54 Å². The standard InChI is InChI=1S/C9H12FN/c1-11-6-5-8-3-2-4-9(10)7-8/h2-4,7H,1,5-6,11H2. The minimum absolute atomic E-state index is 0.161. The molecular weight excluding hydrogens is 141 g/mol. The van der Waals surface area contributed by atoms with Crippen molar-refractivity contribution in [3.8, 4) is 0 Å². The molecule has 11 heavy (non-hydrogen) atoms. The van der Waals surface area contributed by atoms with Gasteiger partial charge in [-0.05, 0) is 17.7 Å². The van der Waals surface area contributed by atoms with Crippen LogP contribution < -0.4 is 5.32 Å². The number of nitrogens with two attached hydrogens (primary N) is 1. The van der Waals surface area contributed by atoms with E-state index in [2.05, 4.69) is 7.05 Å². The van der Waals surface area contributed by atoms with Crippen LogP contribution in [0.25, 0.3) is 0 Å². The minimum Gasteiger partial charge on any atom is -0.479 e. The number of quaternary nitrogens is 1. The Labute approximate surface area is 66.2 Å². The molecule has 1 nitrogen and oxygen atoms in total. The summed E-state index contributed by atoms with van der Waals surface area (Å²) in [5.41, 5.74) is 1.03. The van der Waals surface area contributed by atoms with E-state index >= 15 is 0 Å². The Morgan fingerprint density at radius 1 is 1.45 bits per heavy atom. The third-order valence-corrected chi connectivity index (χ3v) is 1.53. The van der Waals surface area contributed by atoms with Crippen LogP contribution in [0.15, 0.2) is 24.3 Å². The first kappa shape index (κ1) is 8.21. The lowest BCUT2D eigenvalue weighted by molar-refractivity contribution is -0.594. The van der Waals surface area contributed by atoms with Crippen molar-refractivity contribution in [2.24, 2.45) is 0 Å². The van der Waals surface area contributed by atoms with Crippen LogP contribution in [0.5, 0.6) is 0 Å². The van der Waals surface area contributed by atoms with Crippen molar-refractivity contribution in [2.75, 3.05) is 6.54 Å². The largest absolute Gasteiger partial charge is 0.479 e. The maximum atomic E-state index is 12.6. The summed E-state index contributed by atoms with van der Waals surface area (Å²) in [5.74, 6) is -0.161. The normalized spacial score (nSPS) is 10.0. The van der Waals surface area contributed by atoms with Gasteiger partial charge in [0.25, 0.3) is 0 Å². The van der Waals surface area contributed by atoms with E-state index < -0.39 is 0 Å². The molecule has 0 atom stereocenters. The van der Waals surface area contributed by atoms with Gasteiger partial charge in [0, 0.05) is 6.42 Å². The maximum absolute atomic E-state index is 12.6. The Morgan fingerprint density at radius 2 is 2.27 bits per heavy atom. The fourth-order valence-electron chi connectivity index (χ4n) is 0.961. The average molecular weight is 153 g/mol. The molecule has 0 spiro atoms. The van der Waals surface area contributed by atoms with Crippen LogP contribution in [-0.4, -0.2) is 6.54 Å². The highest BCUT2D eigenvalue weighted by molar-refractivity contribution is 5.16. The van der Waals surface area contributed by atoms with Crippen LogP contribution in [0.4, 0.5) is 4.39 Å². The number of rotatable bonds is 3. The molecule has 0 aromatic heterocycles. The quantitative estimate of drug-likeness (QED) is 0.616. The predicted molar refractivity (Wildman–Crippen MR) is 42.3 cm³/mol. The Balaban J connectivity index is 2.56. The summed E-state index contributed by atoms with van der Waals surface area (Å²) < 4.78 is 12.6. The molecule has 0 unspecified atom stereocenters. The first-order chi connectivity index (χ1) is 5.33. The summed E-state index contributed by atoms with van der Waals surface area (Å²) in [6, 6.07) is 6.67.